The molecule has 14 heteroatoms. The van der Waals surface area contributed by atoms with Crippen LogP contribution in [0.1, 0.15) is 52.0 Å². The minimum Gasteiger partial charge on any atom is -0.461 e. The predicted molar refractivity (Wildman–Crippen MR) is 140 cm³/mol. The Morgan fingerprint density at radius 2 is 1.56 bits per heavy atom. The predicted octanol–water partition coefficient (Wildman–Crippen LogP) is 3.05. The average Bonchev–Trinajstić information content (AvgIpc) is 3.16. The number of sulfonamides is 1. The van der Waals surface area contributed by atoms with Crippen molar-refractivity contribution in [2.75, 3.05) is 32.8 Å². The third kappa shape index (κ3) is 6.37. The maximum absolute atomic E-state index is 13.7. The molecule has 0 spiro atoms. The molecular weight excluding hydrogens is 529 g/mol. The minimum atomic E-state index is -4.35. The third-order valence-corrected chi connectivity index (χ3v) is 8.49. The second-order valence-electron chi connectivity index (χ2n) is 8.60. The van der Waals surface area contributed by atoms with Gasteiger partial charge in [-0.1, -0.05) is 32.0 Å². The topological polar surface area (TPSA) is 132 Å². The van der Waals surface area contributed by atoms with Gasteiger partial charge in [0, 0.05) is 40.0 Å². The van der Waals surface area contributed by atoms with Crippen LogP contribution in [0.4, 0.5) is 4.79 Å². The van der Waals surface area contributed by atoms with E-state index >= 15 is 0 Å². The Labute approximate surface area is 214 Å². The summed E-state index contributed by atoms with van der Waals surface area (Å²) in [6.07, 6.45) is -0.553. The first kappa shape index (κ1) is 30.0. The third-order valence-electron chi connectivity index (χ3n) is 5.00. The monoisotopic (exact) mass is 563 g/mol. The van der Waals surface area contributed by atoms with Crippen LogP contribution in [-0.2, 0) is 29.1 Å². The number of hydrogen-bond donors (Lipinski definition) is 0. The van der Waals surface area contributed by atoms with Gasteiger partial charge in [-0.3, -0.25) is 0 Å². The maximum atomic E-state index is 13.7. The van der Waals surface area contributed by atoms with Gasteiger partial charge in [0.2, 0.25) is 19.7 Å². The normalized spacial score (nSPS) is 15.2. The van der Waals surface area contributed by atoms with Crippen molar-refractivity contribution in [3.05, 3.63) is 30.0 Å². The number of fused-ring (bicyclic) bond motifs is 1. The van der Waals surface area contributed by atoms with E-state index in [-0.39, 0.29) is 43.7 Å². The van der Waals surface area contributed by atoms with Crippen LogP contribution in [0, 0.1) is 0 Å². The van der Waals surface area contributed by atoms with Crippen LogP contribution >= 0.6 is 8.44 Å². The number of amides is 1. The maximum Gasteiger partial charge on any atom is 0.410 e. The molecule has 0 N–H and O–H groups in total. The van der Waals surface area contributed by atoms with Gasteiger partial charge in [0.25, 0.3) is 0 Å². The molecule has 1 unspecified atom stereocenters. The van der Waals surface area contributed by atoms with Gasteiger partial charge in [0.1, 0.15) is 10.5 Å². The van der Waals surface area contributed by atoms with Crippen molar-refractivity contribution in [1.29, 1.82) is 0 Å². The first-order valence-corrected chi connectivity index (χ1v) is 15.9. The lowest BCUT2D eigenvalue weighted by Gasteiger charge is -2.35. The van der Waals surface area contributed by atoms with E-state index in [4.69, 9.17) is 9.47 Å². The van der Waals surface area contributed by atoms with E-state index in [2.05, 4.69) is 0 Å². The number of nitrogens with zero attached hydrogens (tertiary/aromatic N) is 3. The van der Waals surface area contributed by atoms with Gasteiger partial charge >= 0.3 is 12.1 Å². The second-order valence-corrected chi connectivity index (χ2v) is 13.7. The second kappa shape index (κ2) is 11.5. The SMILES string of the molecule is CC.CCOC(=O)c1c(S(=O)(=O)N2CCN(C(=O)OC(C)(C)C)CC2)c2ccccc2n1S(=O)(=O)P. The molecule has 2 aromatic rings. The highest BCUT2D eigenvalue weighted by Gasteiger charge is 2.39. The molecule has 0 radical (unpaired) electrons. The zero-order valence-corrected chi connectivity index (χ0v) is 24.1. The number of esters is 1. The molecule has 0 aliphatic carbocycles. The van der Waals surface area contributed by atoms with Crippen molar-refractivity contribution in [2.24, 2.45) is 0 Å². The Morgan fingerprint density at radius 3 is 2.06 bits per heavy atom. The fourth-order valence-corrected chi connectivity index (χ4v) is 6.99. The zero-order chi connectivity index (χ0) is 27.5. The van der Waals surface area contributed by atoms with Crippen molar-refractivity contribution < 1.29 is 35.9 Å². The van der Waals surface area contributed by atoms with Crippen LogP contribution in [-0.4, -0.2) is 80.5 Å². The molecule has 202 valence electrons. The quantitative estimate of drug-likeness (QED) is 0.401. The number of benzene rings is 1. The Kier molecular flexibility index (Phi) is 9.55. The number of carbonyl (C=O) groups is 2. The van der Waals surface area contributed by atoms with Gasteiger partial charge in [-0.25, -0.2) is 30.4 Å². The molecule has 0 bridgehead atoms. The Balaban J connectivity index is 0.00000222. The molecular formula is C22H34N3O8PS2. The highest BCUT2D eigenvalue weighted by atomic mass is 32.7. The fourth-order valence-electron chi connectivity index (χ4n) is 3.65. The molecule has 0 saturated carbocycles. The van der Waals surface area contributed by atoms with Crippen molar-refractivity contribution in [2.45, 2.75) is 52.0 Å². The van der Waals surface area contributed by atoms with Gasteiger partial charge < -0.3 is 14.4 Å². The van der Waals surface area contributed by atoms with E-state index in [0.717, 1.165) is 4.31 Å². The number of piperazine rings is 1. The Morgan fingerprint density at radius 1 is 1.00 bits per heavy atom. The molecule has 2 heterocycles. The lowest BCUT2D eigenvalue weighted by atomic mass is 10.2. The number of ether oxygens (including phenoxy) is 2. The van der Waals surface area contributed by atoms with Gasteiger partial charge in [0.15, 0.2) is 5.69 Å². The van der Waals surface area contributed by atoms with E-state index in [1.165, 1.54) is 24.0 Å². The van der Waals surface area contributed by atoms with E-state index < -0.39 is 47.9 Å². The van der Waals surface area contributed by atoms with E-state index in [1.807, 2.05) is 13.8 Å². The Bertz CT molecular complexity index is 1320. The summed E-state index contributed by atoms with van der Waals surface area (Å²) in [5.74, 6) is -1.07. The van der Waals surface area contributed by atoms with Crippen molar-refractivity contribution in [3.63, 3.8) is 0 Å². The van der Waals surface area contributed by atoms with Crippen LogP contribution in [0.25, 0.3) is 10.9 Å². The molecule has 1 aliphatic rings. The zero-order valence-electron chi connectivity index (χ0n) is 21.3. The molecule has 1 aliphatic heterocycles. The lowest BCUT2D eigenvalue weighted by Crippen LogP contribution is -2.51. The molecule has 11 nitrogen and oxygen atoms in total. The minimum absolute atomic E-state index is 0.0338. The molecule has 1 atom stereocenters. The van der Waals surface area contributed by atoms with E-state index in [1.54, 1.807) is 41.3 Å². The summed E-state index contributed by atoms with van der Waals surface area (Å²) in [5, 5.41) is 0.0751. The molecule has 1 aromatic heterocycles. The molecule has 1 fully saturated rings. The van der Waals surface area contributed by atoms with Crippen molar-refractivity contribution >= 4 is 51.1 Å². The van der Waals surface area contributed by atoms with Crippen LogP contribution in [0.3, 0.4) is 0 Å². The molecule has 1 amide bonds. The molecule has 1 aromatic carbocycles. The average molecular weight is 564 g/mol. The van der Waals surface area contributed by atoms with Gasteiger partial charge in [-0.15, -0.1) is 0 Å². The Hall–Kier alpha value is -2.21. The molecule has 3 rings (SSSR count). The molecule has 1 saturated heterocycles. The number of carbonyl (C=O) groups excluding carboxylic acids is 2. The van der Waals surface area contributed by atoms with Gasteiger partial charge in [0.05, 0.1) is 12.1 Å². The summed E-state index contributed by atoms with van der Waals surface area (Å²) in [5.41, 5.74) is -1.25. The van der Waals surface area contributed by atoms with Gasteiger partial charge in [-0.2, -0.15) is 4.31 Å². The number of hydrogen-bond acceptors (Lipinski definition) is 8. The number of rotatable bonds is 5. The summed E-state index contributed by atoms with van der Waals surface area (Å²) in [6.45, 7) is 10.7. The first-order valence-electron chi connectivity index (χ1n) is 11.5. The smallest absolute Gasteiger partial charge is 0.410 e. The van der Waals surface area contributed by atoms with Crippen LogP contribution in [0.5, 0.6) is 0 Å². The van der Waals surface area contributed by atoms with E-state index in [0.29, 0.717) is 3.97 Å². The van der Waals surface area contributed by atoms with Gasteiger partial charge in [-0.05, 0) is 33.8 Å². The number of aromatic nitrogens is 1. The summed E-state index contributed by atoms with van der Waals surface area (Å²) in [4.78, 5) is 26.1. The lowest BCUT2D eigenvalue weighted by molar-refractivity contribution is 0.0192. The van der Waals surface area contributed by atoms with Crippen molar-refractivity contribution in [3.8, 4) is 0 Å². The largest absolute Gasteiger partial charge is 0.461 e. The van der Waals surface area contributed by atoms with Crippen LogP contribution in [0.2, 0.25) is 0 Å². The fraction of sp³-hybridized carbons (Fsp3) is 0.545. The summed E-state index contributed by atoms with van der Waals surface area (Å²) >= 11 is 0. The summed E-state index contributed by atoms with van der Waals surface area (Å²) in [6, 6.07) is 5.95. The molecule has 36 heavy (non-hydrogen) atoms. The van der Waals surface area contributed by atoms with Crippen LogP contribution < -0.4 is 0 Å². The number of para-hydroxylation sites is 1. The highest BCUT2D eigenvalue weighted by molar-refractivity contribution is 8.36. The summed E-state index contributed by atoms with van der Waals surface area (Å²) in [7, 11) is -6.87. The standard InChI is InChI=1S/C20H28N3O8PS2.C2H6/c1-5-30-18(24)16-17(14-8-6-7-9-15(14)23(16)34(28,29)32)33(26,27)22-12-10-21(11-13-22)19(25)31-20(2,3)4;1-2/h6-9H,5,10-13,32H2,1-4H3;1-2H3. The highest BCUT2D eigenvalue weighted by Crippen LogP contribution is 2.35. The first-order chi connectivity index (χ1) is 16.7. The van der Waals surface area contributed by atoms with Crippen LogP contribution in [0.15, 0.2) is 29.2 Å². The summed E-state index contributed by atoms with van der Waals surface area (Å²) < 4.78 is 64.8. The van der Waals surface area contributed by atoms with E-state index in [9.17, 15) is 26.4 Å². The van der Waals surface area contributed by atoms with Crippen molar-refractivity contribution in [1.82, 2.24) is 13.2 Å².